The van der Waals surface area contributed by atoms with Crippen molar-refractivity contribution in [3.05, 3.63) is 0 Å². The number of carboxylic acids is 1. The standard InChI is InChI=1S/C11H15F3N2O3/c12-11(13,14)10(3-4-10)15-9(19)16-5-1-2-7(6-16)8(17)18/h7H,1-6H2,(H,15,19)(H,17,18)/t7-/m1/s1. The van der Waals surface area contributed by atoms with Crippen molar-refractivity contribution >= 4 is 12.0 Å². The number of hydrogen-bond acceptors (Lipinski definition) is 2. The van der Waals surface area contributed by atoms with Crippen LogP contribution < -0.4 is 5.32 Å². The van der Waals surface area contributed by atoms with E-state index in [2.05, 4.69) is 0 Å². The Kier molecular flexibility index (Phi) is 3.36. The first-order valence-electron chi connectivity index (χ1n) is 6.12. The Labute approximate surface area is 107 Å². The van der Waals surface area contributed by atoms with E-state index in [0.29, 0.717) is 19.4 Å². The summed E-state index contributed by atoms with van der Waals surface area (Å²) >= 11 is 0. The zero-order valence-electron chi connectivity index (χ0n) is 10.2. The number of urea groups is 1. The van der Waals surface area contributed by atoms with Gasteiger partial charge in [0.05, 0.1) is 5.92 Å². The SMILES string of the molecule is O=C(O)[C@@H]1CCCN(C(=O)NC2(C(F)(F)F)CC2)C1. The number of carbonyl (C=O) groups excluding carboxylic acids is 1. The van der Waals surface area contributed by atoms with Crippen molar-refractivity contribution in [1.82, 2.24) is 10.2 Å². The maximum absolute atomic E-state index is 12.7. The molecule has 5 nitrogen and oxygen atoms in total. The minimum absolute atomic E-state index is 0.0326. The van der Waals surface area contributed by atoms with E-state index in [1.54, 1.807) is 0 Å². The van der Waals surface area contributed by atoms with Crippen LogP contribution in [0.2, 0.25) is 0 Å². The highest BCUT2D eigenvalue weighted by molar-refractivity contribution is 5.77. The minimum Gasteiger partial charge on any atom is -0.481 e. The molecule has 1 aliphatic carbocycles. The van der Waals surface area contributed by atoms with E-state index in [0.717, 1.165) is 4.90 Å². The van der Waals surface area contributed by atoms with Crippen LogP contribution in [0.5, 0.6) is 0 Å². The van der Waals surface area contributed by atoms with Gasteiger partial charge in [0.15, 0.2) is 0 Å². The molecule has 1 saturated carbocycles. The Balaban J connectivity index is 1.95. The van der Waals surface area contributed by atoms with Gasteiger partial charge < -0.3 is 15.3 Å². The number of rotatable bonds is 2. The molecule has 0 radical (unpaired) electrons. The fraction of sp³-hybridized carbons (Fsp3) is 0.818. The Bertz CT molecular complexity index is 393. The summed E-state index contributed by atoms with van der Waals surface area (Å²) in [4.78, 5) is 23.8. The number of alkyl halides is 3. The van der Waals surface area contributed by atoms with E-state index >= 15 is 0 Å². The molecule has 2 N–H and O–H groups in total. The monoisotopic (exact) mass is 280 g/mol. The third kappa shape index (κ3) is 2.76. The second kappa shape index (κ2) is 4.57. The van der Waals surface area contributed by atoms with Gasteiger partial charge in [0.2, 0.25) is 0 Å². The maximum atomic E-state index is 12.7. The first-order valence-corrected chi connectivity index (χ1v) is 6.12. The number of hydrogen-bond donors (Lipinski definition) is 2. The number of amides is 2. The summed E-state index contributed by atoms with van der Waals surface area (Å²) in [7, 11) is 0. The van der Waals surface area contributed by atoms with Crippen molar-refractivity contribution in [2.24, 2.45) is 5.92 Å². The molecule has 1 atom stereocenters. The number of likely N-dealkylation sites (tertiary alicyclic amines) is 1. The molecule has 19 heavy (non-hydrogen) atoms. The van der Waals surface area contributed by atoms with Crippen molar-refractivity contribution in [2.75, 3.05) is 13.1 Å². The summed E-state index contributed by atoms with van der Waals surface area (Å²) < 4.78 is 38.1. The van der Waals surface area contributed by atoms with E-state index in [1.165, 1.54) is 0 Å². The molecule has 1 saturated heterocycles. The topological polar surface area (TPSA) is 69.6 Å². The van der Waals surface area contributed by atoms with Gasteiger partial charge in [-0.25, -0.2) is 4.79 Å². The molecule has 2 fully saturated rings. The molecular formula is C11H15F3N2O3. The van der Waals surface area contributed by atoms with Gasteiger partial charge in [-0.3, -0.25) is 4.79 Å². The highest BCUT2D eigenvalue weighted by Gasteiger charge is 2.64. The normalized spacial score (nSPS) is 25.8. The van der Waals surface area contributed by atoms with Crippen LogP contribution >= 0.6 is 0 Å². The molecule has 0 aromatic carbocycles. The van der Waals surface area contributed by atoms with E-state index < -0.39 is 29.6 Å². The van der Waals surface area contributed by atoms with Crippen molar-refractivity contribution in [2.45, 2.75) is 37.4 Å². The largest absolute Gasteiger partial charge is 0.481 e. The molecule has 2 rings (SSSR count). The molecule has 0 bridgehead atoms. The molecular weight excluding hydrogens is 265 g/mol. The van der Waals surface area contributed by atoms with Gasteiger partial charge in [0.1, 0.15) is 5.54 Å². The number of halogens is 3. The number of nitrogens with zero attached hydrogens (tertiary/aromatic N) is 1. The lowest BCUT2D eigenvalue weighted by Gasteiger charge is -2.32. The van der Waals surface area contributed by atoms with Crippen LogP contribution in [-0.2, 0) is 4.79 Å². The Morgan fingerprint density at radius 1 is 1.32 bits per heavy atom. The van der Waals surface area contributed by atoms with Crippen molar-refractivity contribution in [3.8, 4) is 0 Å². The fourth-order valence-corrected chi connectivity index (χ4v) is 2.25. The summed E-state index contributed by atoms with van der Waals surface area (Å²) in [5.74, 6) is -1.71. The maximum Gasteiger partial charge on any atom is 0.411 e. The minimum atomic E-state index is -4.45. The van der Waals surface area contributed by atoms with Gasteiger partial charge in [-0.15, -0.1) is 0 Å². The summed E-state index contributed by atoms with van der Waals surface area (Å²) in [5, 5.41) is 10.9. The lowest BCUT2D eigenvalue weighted by molar-refractivity contribution is -0.163. The van der Waals surface area contributed by atoms with Crippen LogP contribution in [0.15, 0.2) is 0 Å². The van der Waals surface area contributed by atoms with E-state index in [1.807, 2.05) is 5.32 Å². The van der Waals surface area contributed by atoms with E-state index in [-0.39, 0.29) is 19.4 Å². The second-order valence-corrected chi connectivity index (χ2v) is 5.13. The average molecular weight is 280 g/mol. The smallest absolute Gasteiger partial charge is 0.411 e. The Morgan fingerprint density at radius 3 is 2.42 bits per heavy atom. The fourth-order valence-electron chi connectivity index (χ4n) is 2.25. The quantitative estimate of drug-likeness (QED) is 0.807. The summed E-state index contributed by atoms with van der Waals surface area (Å²) in [6, 6.07) is -0.819. The highest BCUT2D eigenvalue weighted by atomic mass is 19.4. The highest BCUT2D eigenvalue weighted by Crippen LogP contribution is 2.49. The number of piperidine rings is 1. The first-order chi connectivity index (χ1) is 8.75. The van der Waals surface area contributed by atoms with Crippen LogP contribution in [0.25, 0.3) is 0 Å². The number of aliphatic carboxylic acids is 1. The van der Waals surface area contributed by atoms with Crippen LogP contribution in [0.1, 0.15) is 25.7 Å². The average Bonchev–Trinajstić information content (AvgIpc) is 3.09. The predicted octanol–water partition coefficient (Wildman–Crippen LogP) is 1.59. The van der Waals surface area contributed by atoms with E-state index in [9.17, 15) is 22.8 Å². The lowest BCUT2D eigenvalue weighted by atomic mass is 9.99. The number of carboxylic acid groups (broad SMARTS) is 1. The molecule has 0 unspecified atom stereocenters. The van der Waals surface area contributed by atoms with Gasteiger partial charge in [-0.2, -0.15) is 13.2 Å². The first kappa shape index (κ1) is 14.0. The summed E-state index contributed by atoms with van der Waals surface area (Å²) in [6.45, 7) is 0.263. The van der Waals surface area contributed by atoms with Crippen molar-refractivity contribution in [3.63, 3.8) is 0 Å². The van der Waals surface area contributed by atoms with Crippen LogP contribution in [-0.4, -0.2) is 46.8 Å². The molecule has 1 heterocycles. The van der Waals surface area contributed by atoms with Crippen LogP contribution in [0.4, 0.5) is 18.0 Å². The Morgan fingerprint density at radius 2 is 1.95 bits per heavy atom. The van der Waals surface area contributed by atoms with Gasteiger partial charge in [0.25, 0.3) is 0 Å². The summed E-state index contributed by atoms with van der Waals surface area (Å²) in [5.41, 5.74) is -2.10. The van der Waals surface area contributed by atoms with Gasteiger partial charge in [-0.1, -0.05) is 0 Å². The third-order valence-corrected chi connectivity index (χ3v) is 3.70. The molecule has 1 aliphatic heterocycles. The Hall–Kier alpha value is -1.47. The number of nitrogens with one attached hydrogen (secondary N) is 1. The van der Waals surface area contributed by atoms with Gasteiger partial charge in [0, 0.05) is 13.1 Å². The summed E-state index contributed by atoms with van der Waals surface area (Å²) in [6.07, 6.45) is -3.74. The van der Waals surface area contributed by atoms with Crippen molar-refractivity contribution < 1.29 is 27.9 Å². The zero-order chi connectivity index (χ0) is 14.3. The molecule has 108 valence electrons. The van der Waals surface area contributed by atoms with Crippen LogP contribution in [0.3, 0.4) is 0 Å². The molecule has 0 aromatic heterocycles. The second-order valence-electron chi connectivity index (χ2n) is 5.13. The van der Waals surface area contributed by atoms with Crippen molar-refractivity contribution in [1.29, 1.82) is 0 Å². The molecule has 0 spiro atoms. The zero-order valence-corrected chi connectivity index (χ0v) is 10.2. The molecule has 2 amide bonds. The molecule has 0 aromatic rings. The van der Waals surface area contributed by atoms with E-state index in [4.69, 9.17) is 5.11 Å². The van der Waals surface area contributed by atoms with Gasteiger partial charge in [-0.05, 0) is 25.7 Å². The van der Waals surface area contributed by atoms with Crippen LogP contribution in [0, 0.1) is 5.92 Å². The third-order valence-electron chi connectivity index (χ3n) is 3.70. The molecule has 2 aliphatic rings. The van der Waals surface area contributed by atoms with Gasteiger partial charge >= 0.3 is 18.2 Å². The predicted molar refractivity (Wildman–Crippen MR) is 58.5 cm³/mol. The number of carbonyl (C=O) groups is 2. The molecule has 8 heteroatoms. The lowest BCUT2D eigenvalue weighted by Crippen LogP contribution is -2.55.